The highest BCUT2D eigenvalue weighted by molar-refractivity contribution is 5.87. The zero-order valence-electron chi connectivity index (χ0n) is 10.9. The average molecular weight is 242 g/mol. The molecule has 5 heteroatoms. The van der Waals surface area contributed by atoms with Gasteiger partial charge in [0.25, 0.3) is 0 Å². The van der Waals surface area contributed by atoms with E-state index in [2.05, 4.69) is 22.0 Å². The van der Waals surface area contributed by atoms with Gasteiger partial charge >= 0.3 is 5.97 Å². The molecule has 0 saturated carbocycles. The fourth-order valence-corrected chi connectivity index (χ4v) is 1.70. The first kappa shape index (κ1) is 14.2. The summed E-state index contributed by atoms with van der Waals surface area (Å²) < 4.78 is 10.2. The number of hydrogen-bond donors (Lipinski definition) is 1. The van der Waals surface area contributed by atoms with E-state index in [1.54, 1.807) is 6.92 Å². The van der Waals surface area contributed by atoms with Crippen LogP contribution in [0.1, 0.15) is 6.92 Å². The Balaban J connectivity index is 2.17. The zero-order chi connectivity index (χ0) is 12.7. The molecule has 0 aliphatic carbocycles. The smallest absolute Gasteiger partial charge is 0.333 e. The maximum absolute atomic E-state index is 11.1. The molecule has 0 aromatic carbocycles. The van der Waals surface area contributed by atoms with E-state index in [1.807, 2.05) is 6.08 Å². The van der Waals surface area contributed by atoms with Crippen molar-refractivity contribution in [3.63, 3.8) is 0 Å². The Bertz CT molecular complexity index is 279. The van der Waals surface area contributed by atoms with Crippen molar-refractivity contribution in [3.05, 3.63) is 11.6 Å². The van der Waals surface area contributed by atoms with Crippen molar-refractivity contribution >= 4 is 5.97 Å². The second-order valence-corrected chi connectivity index (χ2v) is 4.29. The Kier molecular flexibility index (Phi) is 6.18. The predicted octanol–water partition coefficient (Wildman–Crippen LogP) is 0.0259. The number of hydrogen-bond acceptors (Lipinski definition) is 5. The minimum Gasteiger partial charge on any atom is -0.466 e. The Hall–Kier alpha value is -0.910. The molecule has 0 aromatic heterocycles. The Morgan fingerprint density at radius 1 is 1.65 bits per heavy atom. The van der Waals surface area contributed by atoms with Crippen LogP contribution in [0.4, 0.5) is 0 Å². The third-order valence-electron chi connectivity index (χ3n) is 2.77. The van der Waals surface area contributed by atoms with Crippen LogP contribution in [-0.4, -0.2) is 63.9 Å². The number of carbonyl (C=O) groups excluding carboxylic acids is 1. The SMILES string of the molecule is COC(=O)C(C)=CCNCC1CN(C)CCO1. The number of methoxy groups -OCH3 is 1. The van der Waals surface area contributed by atoms with E-state index >= 15 is 0 Å². The fourth-order valence-electron chi connectivity index (χ4n) is 1.70. The summed E-state index contributed by atoms with van der Waals surface area (Å²) in [6.07, 6.45) is 2.07. The number of carbonyl (C=O) groups is 1. The Morgan fingerprint density at radius 3 is 3.06 bits per heavy atom. The highest BCUT2D eigenvalue weighted by atomic mass is 16.5. The van der Waals surface area contributed by atoms with Gasteiger partial charge in [-0.1, -0.05) is 6.08 Å². The highest BCUT2D eigenvalue weighted by Crippen LogP contribution is 2.01. The molecule has 98 valence electrons. The molecular weight excluding hydrogens is 220 g/mol. The topological polar surface area (TPSA) is 50.8 Å². The van der Waals surface area contributed by atoms with Crippen LogP contribution in [0.2, 0.25) is 0 Å². The van der Waals surface area contributed by atoms with Gasteiger partial charge in [0.05, 0.1) is 19.8 Å². The van der Waals surface area contributed by atoms with E-state index in [-0.39, 0.29) is 12.1 Å². The first-order valence-corrected chi connectivity index (χ1v) is 5.89. The van der Waals surface area contributed by atoms with Crippen LogP contribution in [0, 0.1) is 0 Å². The number of esters is 1. The first-order chi connectivity index (χ1) is 8.13. The largest absolute Gasteiger partial charge is 0.466 e. The summed E-state index contributed by atoms with van der Waals surface area (Å²) >= 11 is 0. The number of ether oxygens (including phenoxy) is 2. The summed E-state index contributed by atoms with van der Waals surface area (Å²) in [5.74, 6) is -0.277. The Morgan fingerprint density at radius 2 is 2.41 bits per heavy atom. The average Bonchev–Trinajstić information content (AvgIpc) is 2.33. The summed E-state index contributed by atoms with van der Waals surface area (Å²) in [4.78, 5) is 13.4. The van der Waals surface area contributed by atoms with Gasteiger partial charge < -0.3 is 19.7 Å². The van der Waals surface area contributed by atoms with Crippen LogP contribution < -0.4 is 5.32 Å². The zero-order valence-corrected chi connectivity index (χ0v) is 10.9. The molecule has 1 N–H and O–H groups in total. The third kappa shape index (κ3) is 5.30. The highest BCUT2D eigenvalue weighted by Gasteiger charge is 2.16. The van der Waals surface area contributed by atoms with Gasteiger partial charge in [-0.25, -0.2) is 4.79 Å². The summed E-state index contributed by atoms with van der Waals surface area (Å²) in [5.41, 5.74) is 0.627. The maximum Gasteiger partial charge on any atom is 0.333 e. The molecule has 0 amide bonds. The van der Waals surface area contributed by atoms with Crippen LogP contribution in [0.3, 0.4) is 0 Å². The van der Waals surface area contributed by atoms with Crippen molar-refractivity contribution < 1.29 is 14.3 Å². The molecule has 1 heterocycles. The molecule has 17 heavy (non-hydrogen) atoms. The van der Waals surface area contributed by atoms with Crippen LogP contribution in [0.5, 0.6) is 0 Å². The normalized spacial score (nSPS) is 22.5. The number of likely N-dealkylation sites (N-methyl/N-ethyl adjacent to an activating group) is 1. The molecule has 5 nitrogen and oxygen atoms in total. The van der Waals surface area contributed by atoms with Crippen LogP contribution in [0.25, 0.3) is 0 Å². The monoisotopic (exact) mass is 242 g/mol. The summed E-state index contributed by atoms with van der Waals surface area (Å²) in [7, 11) is 3.48. The molecule has 0 spiro atoms. The van der Waals surface area contributed by atoms with Crippen molar-refractivity contribution in [2.24, 2.45) is 0 Å². The lowest BCUT2D eigenvalue weighted by Crippen LogP contribution is -2.44. The number of morpholine rings is 1. The molecule has 1 aliphatic rings. The van der Waals surface area contributed by atoms with E-state index < -0.39 is 0 Å². The molecule has 1 aliphatic heterocycles. The van der Waals surface area contributed by atoms with Gasteiger partial charge in [0.15, 0.2) is 0 Å². The lowest BCUT2D eigenvalue weighted by molar-refractivity contribution is -0.136. The first-order valence-electron chi connectivity index (χ1n) is 5.89. The van der Waals surface area contributed by atoms with Gasteiger partial charge in [-0.2, -0.15) is 0 Å². The van der Waals surface area contributed by atoms with Gasteiger partial charge in [-0.3, -0.25) is 0 Å². The lowest BCUT2D eigenvalue weighted by Gasteiger charge is -2.30. The summed E-state index contributed by atoms with van der Waals surface area (Å²) in [6, 6.07) is 0. The fraction of sp³-hybridized carbons (Fsp3) is 0.750. The van der Waals surface area contributed by atoms with Crippen molar-refractivity contribution in [2.75, 3.05) is 46.9 Å². The van der Waals surface area contributed by atoms with Gasteiger partial charge in [0.1, 0.15) is 0 Å². The van der Waals surface area contributed by atoms with Crippen LogP contribution in [-0.2, 0) is 14.3 Å². The number of nitrogens with one attached hydrogen (secondary N) is 1. The second kappa shape index (κ2) is 7.42. The van der Waals surface area contributed by atoms with Gasteiger partial charge in [0, 0.05) is 31.8 Å². The van der Waals surface area contributed by atoms with Crippen molar-refractivity contribution in [2.45, 2.75) is 13.0 Å². The van der Waals surface area contributed by atoms with Gasteiger partial charge in [-0.15, -0.1) is 0 Å². The number of rotatable bonds is 5. The Labute approximate surface area is 103 Å². The van der Waals surface area contributed by atoms with Crippen LogP contribution >= 0.6 is 0 Å². The minimum atomic E-state index is -0.277. The van der Waals surface area contributed by atoms with E-state index in [1.165, 1.54) is 7.11 Å². The molecule has 0 aromatic rings. The van der Waals surface area contributed by atoms with Crippen LogP contribution in [0.15, 0.2) is 11.6 Å². The van der Waals surface area contributed by atoms with E-state index in [4.69, 9.17) is 4.74 Å². The molecule has 1 saturated heterocycles. The lowest BCUT2D eigenvalue weighted by atomic mass is 10.2. The minimum absolute atomic E-state index is 0.237. The molecule has 0 radical (unpaired) electrons. The second-order valence-electron chi connectivity index (χ2n) is 4.29. The van der Waals surface area contributed by atoms with Gasteiger partial charge in [0.2, 0.25) is 0 Å². The van der Waals surface area contributed by atoms with Crippen molar-refractivity contribution in [1.82, 2.24) is 10.2 Å². The van der Waals surface area contributed by atoms with Crippen molar-refractivity contribution in [1.29, 1.82) is 0 Å². The predicted molar refractivity (Wildman–Crippen MR) is 65.9 cm³/mol. The molecular formula is C12H22N2O3. The van der Waals surface area contributed by atoms with Gasteiger partial charge in [-0.05, 0) is 14.0 Å². The molecule has 1 unspecified atom stereocenters. The van der Waals surface area contributed by atoms with E-state index in [0.717, 1.165) is 26.2 Å². The molecule has 1 rings (SSSR count). The summed E-state index contributed by atoms with van der Waals surface area (Å²) in [5, 5.41) is 3.25. The summed E-state index contributed by atoms with van der Waals surface area (Å²) in [6.45, 7) is 5.95. The third-order valence-corrected chi connectivity index (χ3v) is 2.77. The standard InChI is InChI=1S/C12H22N2O3/c1-10(12(15)16-3)4-5-13-8-11-9-14(2)6-7-17-11/h4,11,13H,5-9H2,1-3H3. The molecule has 1 atom stereocenters. The van der Waals surface area contributed by atoms with Crippen molar-refractivity contribution in [3.8, 4) is 0 Å². The molecule has 0 bridgehead atoms. The van der Waals surface area contributed by atoms with E-state index in [9.17, 15) is 4.79 Å². The maximum atomic E-state index is 11.1. The quantitative estimate of drug-likeness (QED) is 0.419. The number of nitrogens with zero attached hydrogens (tertiary/aromatic N) is 1. The molecule has 1 fully saturated rings. The van der Waals surface area contributed by atoms with E-state index in [0.29, 0.717) is 12.1 Å².